The molecule has 0 fully saturated rings. The van der Waals surface area contributed by atoms with Crippen LogP contribution in [0.3, 0.4) is 0 Å². The molecule has 0 aliphatic carbocycles. The third-order valence-corrected chi connectivity index (χ3v) is 2.55. The van der Waals surface area contributed by atoms with E-state index in [0.717, 1.165) is 17.0 Å². The summed E-state index contributed by atoms with van der Waals surface area (Å²) in [4.78, 5) is 8.55. The summed E-state index contributed by atoms with van der Waals surface area (Å²) in [6.45, 7) is 4.36. The number of rotatable bonds is 3. The minimum Gasteiger partial charge on any atom is -0.365 e. The molecule has 3 nitrogen and oxygen atoms in total. The van der Waals surface area contributed by atoms with E-state index in [0.29, 0.717) is 12.4 Å². The van der Waals surface area contributed by atoms with Crippen LogP contribution in [0.4, 0.5) is 10.2 Å². The largest absolute Gasteiger partial charge is 0.365 e. The lowest BCUT2D eigenvalue weighted by molar-refractivity contribution is 0.626. The number of benzene rings is 1. The highest BCUT2D eigenvalue weighted by molar-refractivity contribution is 5.34. The standard InChI is InChI=1S/C13H14FN3/c1-9-10(2)17-13(8-15-9)16-7-11-4-3-5-12(14)6-11/h3-6,8H,7H2,1-2H3,(H,16,17). The summed E-state index contributed by atoms with van der Waals surface area (Å²) in [6, 6.07) is 6.49. The van der Waals surface area contributed by atoms with Crippen LogP contribution >= 0.6 is 0 Å². The van der Waals surface area contributed by atoms with Gasteiger partial charge in [0.25, 0.3) is 0 Å². The topological polar surface area (TPSA) is 37.8 Å². The monoisotopic (exact) mass is 231 g/mol. The van der Waals surface area contributed by atoms with Crippen LogP contribution < -0.4 is 5.32 Å². The molecule has 2 aromatic rings. The van der Waals surface area contributed by atoms with Crippen molar-refractivity contribution in [2.45, 2.75) is 20.4 Å². The van der Waals surface area contributed by atoms with Gasteiger partial charge in [0.1, 0.15) is 11.6 Å². The van der Waals surface area contributed by atoms with Crippen LogP contribution in [0.15, 0.2) is 30.5 Å². The van der Waals surface area contributed by atoms with Gasteiger partial charge in [-0.3, -0.25) is 4.98 Å². The molecular formula is C13H14FN3. The SMILES string of the molecule is Cc1ncc(NCc2cccc(F)c2)nc1C. The lowest BCUT2D eigenvalue weighted by Crippen LogP contribution is -2.04. The number of hydrogen-bond donors (Lipinski definition) is 1. The van der Waals surface area contributed by atoms with E-state index in [9.17, 15) is 4.39 Å². The molecule has 0 aliphatic rings. The highest BCUT2D eigenvalue weighted by Crippen LogP contribution is 2.09. The molecule has 0 amide bonds. The van der Waals surface area contributed by atoms with Crippen LogP contribution in [0.1, 0.15) is 17.0 Å². The molecule has 0 saturated carbocycles. The van der Waals surface area contributed by atoms with Crippen LogP contribution in [-0.2, 0) is 6.54 Å². The molecule has 0 aliphatic heterocycles. The Bertz CT molecular complexity index is 526. The van der Waals surface area contributed by atoms with Crippen molar-refractivity contribution in [1.82, 2.24) is 9.97 Å². The smallest absolute Gasteiger partial charge is 0.145 e. The number of halogens is 1. The maximum atomic E-state index is 13.0. The summed E-state index contributed by atoms with van der Waals surface area (Å²) in [6.07, 6.45) is 1.68. The molecule has 4 heteroatoms. The number of anilines is 1. The van der Waals surface area contributed by atoms with E-state index < -0.39 is 0 Å². The second-order valence-corrected chi connectivity index (χ2v) is 3.91. The van der Waals surface area contributed by atoms with Gasteiger partial charge >= 0.3 is 0 Å². The summed E-state index contributed by atoms with van der Waals surface area (Å²) < 4.78 is 13.0. The van der Waals surface area contributed by atoms with E-state index in [2.05, 4.69) is 15.3 Å². The molecule has 0 bridgehead atoms. The predicted octanol–water partition coefficient (Wildman–Crippen LogP) is 2.84. The Morgan fingerprint density at radius 1 is 1.24 bits per heavy atom. The molecule has 1 N–H and O–H groups in total. The molecule has 0 radical (unpaired) electrons. The molecule has 0 saturated heterocycles. The molecule has 88 valence electrons. The van der Waals surface area contributed by atoms with Gasteiger partial charge in [-0.2, -0.15) is 0 Å². The Morgan fingerprint density at radius 2 is 2.06 bits per heavy atom. The minimum absolute atomic E-state index is 0.226. The molecular weight excluding hydrogens is 217 g/mol. The fourth-order valence-electron chi connectivity index (χ4n) is 1.47. The average molecular weight is 231 g/mol. The molecule has 0 spiro atoms. The van der Waals surface area contributed by atoms with Crippen LogP contribution in [-0.4, -0.2) is 9.97 Å². The van der Waals surface area contributed by atoms with Gasteiger partial charge in [-0.05, 0) is 31.5 Å². The Labute approximate surface area is 99.7 Å². The third-order valence-electron chi connectivity index (χ3n) is 2.55. The van der Waals surface area contributed by atoms with E-state index in [1.54, 1.807) is 12.3 Å². The quantitative estimate of drug-likeness (QED) is 0.882. The first-order valence-electron chi connectivity index (χ1n) is 5.44. The van der Waals surface area contributed by atoms with Gasteiger partial charge in [0, 0.05) is 6.54 Å². The minimum atomic E-state index is -0.226. The molecule has 1 aromatic carbocycles. The average Bonchev–Trinajstić information content (AvgIpc) is 2.31. The highest BCUT2D eigenvalue weighted by Gasteiger charge is 2.00. The number of hydrogen-bond acceptors (Lipinski definition) is 3. The number of aromatic nitrogens is 2. The van der Waals surface area contributed by atoms with Gasteiger partial charge in [-0.25, -0.2) is 9.37 Å². The molecule has 0 atom stereocenters. The maximum absolute atomic E-state index is 13.0. The molecule has 17 heavy (non-hydrogen) atoms. The van der Waals surface area contributed by atoms with E-state index in [-0.39, 0.29) is 5.82 Å². The van der Waals surface area contributed by atoms with Crippen LogP contribution in [0.2, 0.25) is 0 Å². The second kappa shape index (κ2) is 4.91. The summed E-state index contributed by atoms with van der Waals surface area (Å²) in [5.74, 6) is 0.479. The maximum Gasteiger partial charge on any atom is 0.145 e. The Kier molecular flexibility index (Phi) is 3.32. The molecule has 2 rings (SSSR count). The predicted molar refractivity (Wildman–Crippen MR) is 65.2 cm³/mol. The van der Waals surface area contributed by atoms with Gasteiger partial charge in [-0.1, -0.05) is 12.1 Å². The zero-order valence-electron chi connectivity index (χ0n) is 9.87. The van der Waals surface area contributed by atoms with Crippen molar-refractivity contribution in [2.75, 3.05) is 5.32 Å². The molecule has 0 unspecified atom stereocenters. The van der Waals surface area contributed by atoms with Crippen molar-refractivity contribution in [3.8, 4) is 0 Å². The first-order valence-corrected chi connectivity index (χ1v) is 5.44. The van der Waals surface area contributed by atoms with Gasteiger partial charge in [0.15, 0.2) is 0 Å². The van der Waals surface area contributed by atoms with Crippen LogP contribution in [0.25, 0.3) is 0 Å². The van der Waals surface area contributed by atoms with Gasteiger partial charge in [-0.15, -0.1) is 0 Å². The van der Waals surface area contributed by atoms with Crippen molar-refractivity contribution in [3.05, 3.63) is 53.2 Å². The normalized spacial score (nSPS) is 10.3. The third kappa shape index (κ3) is 3.00. The van der Waals surface area contributed by atoms with E-state index >= 15 is 0 Å². The molecule has 1 aromatic heterocycles. The molecule has 1 heterocycles. The van der Waals surface area contributed by atoms with Crippen molar-refractivity contribution in [1.29, 1.82) is 0 Å². The van der Waals surface area contributed by atoms with E-state index in [4.69, 9.17) is 0 Å². The Hall–Kier alpha value is -1.97. The van der Waals surface area contributed by atoms with Gasteiger partial charge in [0.2, 0.25) is 0 Å². The highest BCUT2D eigenvalue weighted by atomic mass is 19.1. The summed E-state index contributed by atoms with van der Waals surface area (Å²) in [7, 11) is 0. The Balaban J connectivity index is 2.05. The van der Waals surface area contributed by atoms with E-state index in [1.165, 1.54) is 12.1 Å². The number of nitrogens with zero attached hydrogens (tertiary/aromatic N) is 2. The van der Waals surface area contributed by atoms with Crippen molar-refractivity contribution in [3.63, 3.8) is 0 Å². The fraction of sp³-hybridized carbons (Fsp3) is 0.231. The van der Waals surface area contributed by atoms with Gasteiger partial charge < -0.3 is 5.32 Å². The summed E-state index contributed by atoms with van der Waals surface area (Å²) >= 11 is 0. The van der Waals surface area contributed by atoms with Crippen molar-refractivity contribution in [2.24, 2.45) is 0 Å². The van der Waals surface area contributed by atoms with Crippen LogP contribution in [0.5, 0.6) is 0 Å². The Morgan fingerprint density at radius 3 is 2.76 bits per heavy atom. The lowest BCUT2D eigenvalue weighted by Gasteiger charge is -2.07. The summed E-state index contributed by atoms with van der Waals surface area (Å²) in [5, 5.41) is 3.12. The lowest BCUT2D eigenvalue weighted by atomic mass is 10.2. The zero-order valence-corrected chi connectivity index (χ0v) is 9.87. The zero-order chi connectivity index (χ0) is 12.3. The second-order valence-electron chi connectivity index (χ2n) is 3.91. The van der Waals surface area contributed by atoms with Gasteiger partial charge in [0.05, 0.1) is 17.6 Å². The van der Waals surface area contributed by atoms with Crippen molar-refractivity contribution >= 4 is 5.82 Å². The van der Waals surface area contributed by atoms with Crippen LogP contribution in [0, 0.1) is 19.7 Å². The number of nitrogens with one attached hydrogen (secondary N) is 1. The van der Waals surface area contributed by atoms with E-state index in [1.807, 2.05) is 19.9 Å². The first kappa shape index (κ1) is 11.5. The summed E-state index contributed by atoms with van der Waals surface area (Å²) in [5.41, 5.74) is 2.69. The fourth-order valence-corrected chi connectivity index (χ4v) is 1.47. The van der Waals surface area contributed by atoms with Crippen molar-refractivity contribution < 1.29 is 4.39 Å². The first-order chi connectivity index (χ1) is 8.15. The number of aryl methyl sites for hydroxylation is 2.